The van der Waals surface area contributed by atoms with Crippen LogP contribution in [0.15, 0.2) is 18.2 Å². The fourth-order valence-corrected chi connectivity index (χ4v) is 1.40. The second kappa shape index (κ2) is 3.86. The Balaban J connectivity index is 3.07. The molecule has 0 nitrogen and oxygen atoms in total. The van der Waals surface area contributed by atoms with Gasteiger partial charge in [0.05, 0.1) is 0 Å². The minimum absolute atomic E-state index is 0.667. The Labute approximate surface area is 77.6 Å². The summed E-state index contributed by atoms with van der Waals surface area (Å²) < 4.78 is 24.9. The van der Waals surface area contributed by atoms with Gasteiger partial charge in [0, 0.05) is 5.92 Å². The van der Waals surface area contributed by atoms with Crippen LogP contribution in [0.4, 0.5) is 8.78 Å². The molecule has 13 heavy (non-hydrogen) atoms. The third kappa shape index (κ3) is 2.06. The van der Waals surface area contributed by atoms with Crippen molar-refractivity contribution in [3.8, 4) is 0 Å². The highest BCUT2D eigenvalue weighted by Crippen LogP contribution is 2.26. The van der Waals surface area contributed by atoms with Gasteiger partial charge in [0.15, 0.2) is 0 Å². The highest BCUT2D eigenvalue weighted by Gasteiger charge is 2.18. The first-order valence-electron chi connectivity index (χ1n) is 4.38. The van der Waals surface area contributed by atoms with E-state index in [0.29, 0.717) is 0 Å². The molecule has 0 saturated carbocycles. The summed E-state index contributed by atoms with van der Waals surface area (Å²) in [6.07, 6.45) is -2.28. The van der Waals surface area contributed by atoms with Gasteiger partial charge in [-0.15, -0.1) is 0 Å². The molecule has 0 aromatic heterocycles. The third-order valence-corrected chi connectivity index (χ3v) is 2.52. The van der Waals surface area contributed by atoms with Crippen molar-refractivity contribution >= 4 is 0 Å². The molecule has 1 aromatic rings. The standard InChI is InChI=1S/C11H14F2/c1-7-5-4-6-10(8(7)2)9(3)11(12)13/h4-6,9,11H,1-3H3. The van der Waals surface area contributed by atoms with Crippen LogP contribution in [0, 0.1) is 13.8 Å². The Morgan fingerprint density at radius 1 is 1.15 bits per heavy atom. The van der Waals surface area contributed by atoms with Crippen molar-refractivity contribution < 1.29 is 8.78 Å². The zero-order chi connectivity index (χ0) is 10.0. The van der Waals surface area contributed by atoms with Gasteiger partial charge in [-0.1, -0.05) is 25.1 Å². The molecule has 0 radical (unpaired) electrons. The van der Waals surface area contributed by atoms with E-state index in [1.54, 1.807) is 13.0 Å². The van der Waals surface area contributed by atoms with Crippen molar-refractivity contribution in [1.82, 2.24) is 0 Å². The van der Waals surface area contributed by atoms with Gasteiger partial charge >= 0.3 is 0 Å². The molecule has 0 aliphatic rings. The molecule has 0 bridgehead atoms. The molecular weight excluding hydrogens is 170 g/mol. The summed E-state index contributed by atoms with van der Waals surface area (Å²) in [5.41, 5.74) is 2.82. The van der Waals surface area contributed by atoms with E-state index < -0.39 is 12.3 Å². The summed E-state index contributed by atoms with van der Waals surface area (Å²) in [6.45, 7) is 5.40. The van der Waals surface area contributed by atoms with Crippen molar-refractivity contribution in [3.63, 3.8) is 0 Å². The predicted octanol–water partition coefficient (Wildman–Crippen LogP) is 3.67. The summed E-state index contributed by atoms with van der Waals surface area (Å²) in [6, 6.07) is 5.55. The summed E-state index contributed by atoms with van der Waals surface area (Å²) in [7, 11) is 0. The number of benzene rings is 1. The zero-order valence-electron chi connectivity index (χ0n) is 8.14. The van der Waals surface area contributed by atoms with Gasteiger partial charge in [-0.2, -0.15) is 0 Å². The van der Waals surface area contributed by atoms with Crippen molar-refractivity contribution in [2.24, 2.45) is 0 Å². The summed E-state index contributed by atoms with van der Waals surface area (Å²) >= 11 is 0. The van der Waals surface area contributed by atoms with Crippen LogP contribution >= 0.6 is 0 Å². The second-order valence-corrected chi connectivity index (χ2v) is 3.41. The van der Waals surface area contributed by atoms with Crippen LogP contribution in [0.1, 0.15) is 29.5 Å². The van der Waals surface area contributed by atoms with Gasteiger partial charge in [-0.25, -0.2) is 8.78 Å². The lowest BCUT2D eigenvalue weighted by atomic mass is 9.94. The normalized spacial score (nSPS) is 13.4. The Hall–Kier alpha value is -0.920. The molecule has 0 amide bonds. The van der Waals surface area contributed by atoms with Crippen molar-refractivity contribution in [2.45, 2.75) is 33.1 Å². The number of halogens is 2. The van der Waals surface area contributed by atoms with Gasteiger partial charge in [-0.3, -0.25) is 0 Å². The van der Waals surface area contributed by atoms with Crippen LogP contribution in [0.5, 0.6) is 0 Å². The first-order chi connectivity index (χ1) is 6.04. The lowest BCUT2D eigenvalue weighted by molar-refractivity contribution is 0.121. The highest BCUT2D eigenvalue weighted by molar-refractivity contribution is 5.35. The van der Waals surface area contributed by atoms with Gasteiger partial charge in [0.1, 0.15) is 0 Å². The minimum Gasteiger partial charge on any atom is -0.210 e. The summed E-state index contributed by atoms with van der Waals surface area (Å²) in [5.74, 6) is -0.667. The molecule has 72 valence electrons. The maximum Gasteiger partial charge on any atom is 0.245 e. The lowest BCUT2D eigenvalue weighted by Crippen LogP contribution is -2.07. The maximum absolute atomic E-state index is 12.4. The van der Waals surface area contributed by atoms with Crippen LogP contribution in [0.25, 0.3) is 0 Å². The molecule has 0 heterocycles. The minimum atomic E-state index is -2.28. The molecule has 2 heteroatoms. The largest absolute Gasteiger partial charge is 0.245 e. The van der Waals surface area contributed by atoms with Gasteiger partial charge in [0.25, 0.3) is 0 Å². The fourth-order valence-electron chi connectivity index (χ4n) is 1.40. The van der Waals surface area contributed by atoms with Gasteiger partial charge < -0.3 is 0 Å². The molecule has 1 rings (SSSR count). The molecule has 0 aliphatic carbocycles. The smallest absolute Gasteiger partial charge is 0.210 e. The molecule has 0 N–H and O–H groups in total. The van der Waals surface area contributed by atoms with Gasteiger partial charge in [-0.05, 0) is 30.5 Å². The number of hydrogen-bond acceptors (Lipinski definition) is 0. The molecule has 0 aliphatic heterocycles. The fraction of sp³-hybridized carbons (Fsp3) is 0.455. The predicted molar refractivity (Wildman–Crippen MR) is 50.3 cm³/mol. The molecule has 0 fully saturated rings. The lowest BCUT2D eigenvalue weighted by Gasteiger charge is -2.14. The topological polar surface area (TPSA) is 0 Å². The number of aryl methyl sites for hydroxylation is 1. The first kappa shape index (κ1) is 10.2. The number of alkyl halides is 2. The van der Waals surface area contributed by atoms with E-state index in [-0.39, 0.29) is 0 Å². The molecule has 1 unspecified atom stereocenters. The average Bonchev–Trinajstić information content (AvgIpc) is 2.08. The zero-order valence-corrected chi connectivity index (χ0v) is 8.14. The van der Waals surface area contributed by atoms with E-state index >= 15 is 0 Å². The van der Waals surface area contributed by atoms with Crippen LogP contribution in [0.2, 0.25) is 0 Å². The molecule has 1 aromatic carbocycles. The van der Waals surface area contributed by atoms with Crippen LogP contribution < -0.4 is 0 Å². The SMILES string of the molecule is Cc1cccc(C(C)C(F)F)c1C. The van der Waals surface area contributed by atoms with Crippen molar-refractivity contribution in [2.75, 3.05) is 0 Å². The Morgan fingerprint density at radius 2 is 1.77 bits per heavy atom. The Kier molecular flexibility index (Phi) is 3.02. The monoisotopic (exact) mass is 184 g/mol. The van der Waals surface area contributed by atoms with E-state index in [1.165, 1.54) is 0 Å². The van der Waals surface area contributed by atoms with E-state index in [4.69, 9.17) is 0 Å². The second-order valence-electron chi connectivity index (χ2n) is 3.41. The van der Waals surface area contributed by atoms with E-state index in [0.717, 1.165) is 16.7 Å². The van der Waals surface area contributed by atoms with Crippen LogP contribution in [-0.2, 0) is 0 Å². The summed E-state index contributed by atoms with van der Waals surface area (Å²) in [4.78, 5) is 0. The van der Waals surface area contributed by atoms with Gasteiger partial charge in [0.2, 0.25) is 6.43 Å². The van der Waals surface area contributed by atoms with Crippen LogP contribution in [0.3, 0.4) is 0 Å². The molecule has 0 saturated heterocycles. The van der Waals surface area contributed by atoms with Crippen LogP contribution in [-0.4, -0.2) is 6.43 Å². The number of hydrogen-bond donors (Lipinski definition) is 0. The third-order valence-electron chi connectivity index (χ3n) is 2.52. The first-order valence-corrected chi connectivity index (χ1v) is 4.38. The molecule has 0 spiro atoms. The highest BCUT2D eigenvalue weighted by atomic mass is 19.3. The van der Waals surface area contributed by atoms with E-state index in [2.05, 4.69) is 0 Å². The summed E-state index contributed by atoms with van der Waals surface area (Å²) in [5, 5.41) is 0. The quantitative estimate of drug-likeness (QED) is 0.657. The average molecular weight is 184 g/mol. The molecular formula is C11H14F2. The Morgan fingerprint density at radius 3 is 2.31 bits per heavy atom. The molecule has 1 atom stereocenters. The maximum atomic E-state index is 12.4. The Bertz CT molecular complexity index is 292. The van der Waals surface area contributed by atoms with Crippen molar-refractivity contribution in [1.29, 1.82) is 0 Å². The number of rotatable bonds is 2. The van der Waals surface area contributed by atoms with Crippen molar-refractivity contribution in [3.05, 3.63) is 34.9 Å². The van der Waals surface area contributed by atoms with E-state index in [9.17, 15) is 8.78 Å². The van der Waals surface area contributed by atoms with E-state index in [1.807, 2.05) is 26.0 Å².